The third kappa shape index (κ3) is 6.32. The Morgan fingerprint density at radius 1 is 1.11 bits per heavy atom. The number of ether oxygens (including phenoxy) is 2. The van der Waals surface area contributed by atoms with Crippen LogP contribution in [0, 0.1) is 5.92 Å². The molecular weight excluding hydrogens is 480 g/mol. The average Bonchev–Trinajstić information content (AvgIpc) is 3.53. The molecular formula is C31H42N2O5. The summed E-state index contributed by atoms with van der Waals surface area (Å²) in [4.78, 5) is 30.5. The number of fused-ring (bicyclic) bond motifs is 1. The highest BCUT2D eigenvalue weighted by atomic mass is 16.5. The predicted octanol–water partition coefficient (Wildman–Crippen LogP) is 4.77. The monoisotopic (exact) mass is 522 g/mol. The molecule has 7 nitrogen and oxygen atoms in total. The van der Waals surface area contributed by atoms with Crippen molar-refractivity contribution >= 4 is 11.9 Å². The molecule has 7 heteroatoms. The van der Waals surface area contributed by atoms with E-state index >= 15 is 0 Å². The highest BCUT2D eigenvalue weighted by Crippen LogP contribution is 2.41. The lowest BCUT2D eigenvalue weighted by Crippen LogP contribution is -2.45. The summed E-state index contributed by atoms with van der Waals surface area (Å²) in [7, 11) is 1.64. The first-order valence-corrected chi connectivity index (χ1v) is 14.1. The van der Waals surface area contributed by atoms with Crippen LogP contribution in [0.25, 0.3) is 0 Å². The number of carbonyl (C=O) groups excluding carboxylic acids is 1. The van der Waals surface area contributed by atoms with Crippen LogP contribution in [0.2, 0.25) is 0 Å². The molecule has 2 aliphatic rings. The van der Waals surface area contributed by atoms with Gasteiger partial charge in [-0.3, -0.25) is 14.5 Å². The van der Waals surface area contributed by atoms with Crippen LogP contribution in [0.5, 0.6) is 11.5 Å². The molecule has 0 bridgehead atoms. The van der Waals surface area contributed by atoms with Gasteiger partial charge in [-0.15, -0.1) is 0 Å². The van der Waals surface area contributed by atoms with E-state index in [1.54, 1.807) is 7.11 Å². The molecule has 1 N–H and O–H groups in total. The molecule has 1 fully saturated rings. The fourth-order valence-electron chi connectivity index (χ4n) is 5.95. The predicted molar refractivity (Wildman–Crippen MR) is 148 cm³/mol. The summed E-state index contributed by atoms with van der Waals surface area (Å²) in [5.74, 6) is 0.0326. The number of nitrogens with zero attached hydrogens (tertiary/aromatic N) is 2. The number of amides is 1. The summed E-state index contributed by atoms with van der Waals surface area (Å²) in [6.07, 6.45) is 5.34. The smallest absolute Gasteiger partial charge is 0.308 e. The van der Waals surface area contributed by atoms with Crippen molar-refractivity contribution in [3.05, 3.63) is 59.2 Å². The van der Waals surface area contributed by atoms with Gasteiger partial charge >= 0.3 is 5.97 Å². The second-order valence-corrected chi connectivity index (χ2v) is 10.5. The van der Waals surface area contributed by atoms with Gasteiger partial charge in [0, 0.05) is 38.0 Å². The van der Waals surface area contributed by atoms with Crippen LogP contribution in [0.3, 0.4) is 0 Å². The minimum Gasteiger partial charge on any atom is -0.496 e. The molecule has 2 aromatic rings. The number of unbranched alkanes of at least 4 members (excludes halogenated alkanes) is 2. The summed E-state index contributed by atoms with van der Waals surface area (Å²) >= 11 is 0. The molecule has 3 atom stereocenters. The molecule has 0 spiro atoms. The maximum absolute atomic E-state index is 13.6. The minimum absolute atomic E-state index is 0.0871. The first-order valence-electron chi connectivity index (χ1n) is 14.1. The van der Waals surface area contributed by atoms with Crippen LogP contribution >= 0.6 is 0 Å². The molecule has 1 amide bonds. The number of hydrogen-bond donors (Lipinski definition) is 1. The molecule has 2 aliphatic heterocycles. The van der Waals surface area contributed by atoms with E-state index in [-0.39, 0.29) is 24.4 Å². The lowest BCUT2D eigenvalue weighted by atomic mass is 9.82. The molecule has 38 heavy (non-hydrogen) atoms. The maximum atomic E-state index is 13.6. The van der Waals surface area contributed by atoms with Gasteiger partial charge in [0.2, 0.25) is 5.91 Å². The van der Waals surface area contributed by atoms with Crippen molar-refractivity contribution < 1.29 is 24.2 Å². The van der Waals surface area contributed by atoms with Gasteiger partial charge in [-0.25, -0.2) is 0 Å². The van der Waals surface area contributed by atoms with E-state index in [2.05, 4.69) is 24.8 Å². The fraction of sp³-hybridized carbons (Fsp3) is 0.548. The van der Waals surface area contributed by atoms with Crippen molar-refractivity contribution in [1.82, 2.24) is 9.80 Å². The van der Waals surface area contributed by atoms with Crippen molar-refractivity contribution in [2.75, 3.05) is 39.9 Å². The Balaban J connectivity index is 1.66. The van der Waals surface area contributed by atoms with E-state index in [0.29, 0.717) is 19.6 Å². The molecule has 0 radical (unpaired) electrons. The van der Waals surface area contributed by atoms with Crippen LogP contribution in [-0.2, 0) is 22.4 Å². The first-order chi connectivity index (χ1) is 18.5. The number of aliphatic carboxylic acids is 1. The highest BCUT2D eigenvalue weighted by Gasteiger charge is 2.47. The molecule has 0 unspecified atom stereocenters. The van der Waals surface area contributed by atoms with Gasteiger partial charge in [0.05, 0.1) is 26.2 Å². The number of carbonyl (C=O) groups is 2. The molecule has 1 saturated heterocycles. The second kappa shape index (κ2) is 13.1. The summed E-state index contributed by atoms with van der Waals surface area (Å²) < 4.78 is 11.3. The zero-order valence-electron chi connectivity index (χ0n) is 23.0. The molecule has 0 saturated carbocycles. The number of benzene rings is 2. The van der Waals surface area contributed by atoms with Gasteiger partial charge in [-0.2, -0.15) is 0 Å². The third-order valence-electron chi connectivity index (χ3n) is 8.05. The van der Waals surface area contributed by atoms with E-state index in [0.717, 1.165) is 73.4 Å². The molecule has 0 aliphatic carbocycles. The summed E-state index contributed by atoms with van der Waals surface area (Å²) in [6.45, 7) is 7.17. The number of rotatable bonds is 13. The molecule has 2 aromatic carbocycles. The summed E-state index contributed by atoms with van der Waals surface area (Å²) in [6, 6.07) is 13.5. The van der Waals surface area contributed by atoms with Gasteiger partial charge in [-0.05, 0) is 48.1 Å². The first kappa shape index (κ1) is 28.0. The molecule has 4 rings (SSSR count). The summed E-state index contributed by atoms with van der Waals surface area (Å²) in [5, 5.41) is 10.5. The molecule has 0 aromatic heterocycles. The minimum atomic E-state index is -0.824. The average molecular weight is 523 g/mol. The number of carboxylic acid groups (broad SMARTS) is 1. The Bertz CT molecular complexity index is 1100. The van der Waals surface area contributed by atoms with Crippen molar-refractivity contribution in [3.8, 4) is 11.5 Å². The van der Waals surface area contributed by atoms with E-state index in [4.69, 9.17) is 9.47 Å². The number of hydrogen-bond acceptors (Lipinski definition) is 5. The Hall–Kier alpha value is -3.06. The zero-order chi connectivity index (χ0) is 27.1. The third-order valence-corrected chi connectivity index (χ3v) is 8.05. The molecule has 206 valence electrons. The van der Waals surface area contributed by atoms with Gasteiger partial charge in [0.15, 0.2) is 0 Å². The quantitative estimate of drug-likeness (QED) is 0.408. The van der Waals surface area contributed by atoms with Gasteiger partial charge in [-0.1, -0.05) is 57.0 Å². The van der Waals surface area contributed by atoms with Crippen molar-refractivity contribution in [3.63, 3.8) is 0 Å². The van der Waals surface area contributed by atoms with Crippen LogP contribution in [0.15, 0.2) is 42.5 Å². The van der Waals surface area contributed by atoms with Crippen LogP contribution in [0.4, 0.5) is 0 Å². The number of para-hydroxylation sites is 1. The Morgan fingerprint density at radius 2 is 1.84 bits per heavy atom. The zero-order valence-corrected chi connectivity index (χ0v) is 23.0. The normalized spacial score (nSPS) is 20.7. The number of methoxy groups -OCH3 is 1. The fourth-order valence-corrected chi connectivity index (χ4v) is 5.95. The number of likely N-dealkylation sites (tertiary alicyclic amines) is 1. The van der Waals surface area contributed by atoms with Gasteiger partial charge in [0.25, 0.3) is 0 Å². The summed E-state index contributed by atoms with van der Waals surface area (Å²) in [5.41, 5.74) is 3.10. The topological polar surface area (TPSA) is 79.3 Å². The molecule has 2 heterocycles. The van der Waals surface area contributed by atoms with Gasteiger partial charge < -0.3 is 19.5 Å². The van der Waals surface area contributed by atoms with Crippen molar-refractivity contribution in [1.29, 1.82) is 0 Å². The van der Waals surface area contributed by atoms with E-state index in [9.17, 15) is 14.7 Å². The van der Waals surface area contributed by atoms with Gasteiger partial charge in [0.1, 0.15) is 11.5 Å². The van der Waals surface area contributed by atoms with Crippen LogP contribution < -0.4 is 9.47 Å². The highest BCUT2D eigenvalue weighted by molar-refractivity contribution is 5.79. The van der Waals surface area contributed by atoms with Crippen molar-refractivity contribution in [2.24, 2.45) is 5.92 Å². The Morgan fingerprint density at radius 3 is 2.53 bits per heavy atom. The Labute approximate surface area is 226 Å². The lowest BCUT2D eigenvalue weighted by Gasteiger charge is -2.30. The van der Waals surface area contributed by atoms with Crippen molar-refractivity contribution in [2.45, 2.75) is 64.3 Å². The number of carboxylic acids is 1. The SMILES string of the molecule is CCCCN(CCCC)C(=O)CN1C[C@H](c2ccc3c(c2)CCO3)[C@@H](C(=O)O)[C@@H]1Cc1ccccc1OC. The van der Waals surface area contributed by atoms with E-state index in [1.807, 2.05) is 41.3 Å². The second-order valence-electron chi connectivity index (χ2n) is 10.5. The van der Waals surface area contributed by atoms with Crippen LogP contribution in [-0.4, -0.2) is 72.7 Å². The van der Waals surface area contributed by atoms with Crippen LogP contribution in [0.1, 0.15) is 62.1 Å². The van der Waals surface area contributed by atoms with E-state index in [1.165, 1.54) is 0 Å². The van der Waals surface area contributed by atoms with E-state index < -0.39 is 11.9 Å². The standard InChI is InChI=1S/C31H42N2O5/c1-4-6-15-32(16-7-5-2)29(34)21-33-20-25(22-12-13-28-24(18-22)14-17-38-28)30(31(35)36)26(33)19-23-10-8-9-11-27(23)37-3/h8-13,18,25-26,30H,4-7,14-17,19-21H2,1-3H3,(H,35,36)/t25-,26+,30-/m1/s1. The lowest BCUT2D eigenvalue weighted by molar-refractivity contribution is -0.143. The maximum Gasteiger partial charge on any atom is 0.308 e. The Kier molecular flexibility index (Phi) is 9.67. The largest absolute Gasteiger partial charge is 0.496 e.